The predicted molar refractivity (Wildman–Crippen MR) is 89.8 cm³/mol. The van der Waals surface area contributed by atoms with Gasteiger partial charge in [0, 0.05) is 23.9 Å². The van der Waals surface area contributed by atoms with E-state index >= 15 is 0 Å². The maximum Gasteiger partial charge on any atom is 0.244 e. The van der Waals surface area contributed by atoms with Gasteiger partial charge >= 0.3 is 0 Å². The Morgan fingerprint density at radius 1 is 1.27 bits per heavy atom. The van der Waals surface area contributed by atoms with Gasteiger partial charge in [0.25, 0.3) is 0 Å². The summed E-state index contributed by atoms with van der Waals surface area (Å²) in [4.78, 5) is 12.9. The zero-order valence-corrected chi connectivity index (χ0v) is 13.1. The summed E-state index contributed by atoms with van der Waals surface area (Å²) in [6.07, 6.45) is 5.44. The van der Waals surface area contributed by atoms with Gasteiger partial charge < -0.3 is 10.4 Å². The van der Waals surface area contributed by atoms with Gasteiger partial charge in [0.2, 0.25) is 5.91 Å². The first-order valence-electron chi connectivity index (χ1n) is 7.43. The zero-order chi connectivity index (χ0) is 15.4. The van der Waals surface area contributed by atoms with Gasteiger partial charge in [0.15, 0.2) is 0 Å². The lowest BCUT2D eigenvalue weighted by molar-refractivity contribution is -0.117. The molecular weight excluding hydrogens is 294 g/mol. The van der Waals surface area contributed by atoms with Crippen LogP contribution in [0.15, 0.2) is 47.9 Å². The van der Waals surface area contributed by atoms with Gasteiger partial charge in [0.05, 0.1) is 5.60 Å². The number of thiophene rings is 1. The molecule has 1 heterocycles. The molecular formula is C18H19NO2S. The Bertz CT molecular complexity index is 678. The first-order chi connectivity index (χ1) is 10.6. The lowest BCUT2D eigenvalue weighted by atomic mass is 9.80. The third-order valence-corrected chi connectivity index (χ3v) is 4.87. The molecule has 1 aromatic heterocycles. The van der Waals surface area contributed by atoms with Crippen molar-refractivity contribution in [3.8, 4) is 0 Å². The van der Waals surface area contributed by atoms with Crippen molar-refractivity contribution in [1.29, 1.82) is 0 Å². The fraction of sp³-hybridized carbons (Fsp3) is 0.278. The lowest BCUT2D eigenvalue weighted by Crippen LogP contribution is -2.46. The van der Waals surface area contributed by atoms with Crippen molar-refractivity contribution >= 4 is 23.3 Å². The van der Waals surface area contributed by atoms with Crippen molar-refractivity contribution in [2.24, 2.45) is 0 Å². The van der Waals surface area contributed by atoms with E-state index in [1.54, 1.807) is 17.4 Å². The van der Waals surface area contributed by atoms with Crippen molar-refractivity contribution in [2.45, 2.75) is 24.9 Å². The molecule has 22 heavy (non-hydrogen) atoms. The number of carbonyl (C=O) groups excluding carboxylic acids is 1. The van der Waals surface area contributed by atoms with E-state index in [0.717, 1.165) is 11.3 Å². The third-order valence-electron chi connectivity index (χ3n) is 4.03. The molecule has 0 radical (unpaired) electrons. The molecule has 1 unspecified atom stereocenters. The average Bonchev–Trinajstić information content (AvgIpc) is 3.04. The summed E-state index contributed by atoms with van der Waals surface area (Å²) in [6.45, 7) is 0.287. The third kappa shape index (κ3) is 3.64. The van der Waals surface area contributed by atoms with Crippen LogP contribution >= 0.6 is 11.3 Å². The number of hydrogen-bond acceptors (Lipinski definition) is 3. The second kappa shape index (κ2) is 6.46. The molecule has 2 aromatic rings. The van der Waals surface area contributed by atoms with Gasteiger partial charge in [-0.05, 0) is 41.5 Å². The number of nitrogens with one attached hydrogen (secondary N) is 1. The second-order valence-corrected chi connectivity index (χ2v) is 6.72. The van der Waals surface area contributed by atoms with E-state index in [1.807, 2.05) is 29.6 Å². The second-order valence-electron chi connectivity index (χ2n) is 5.74. The molecule has 0 fully saturated rings. The van der Waals surface area contributed by atoms with Crippen LogP contribution < -0.4 is 5.32 Å². The van der Waals surface area contributed by atoms with E-state index in [9.17, 15) is 9.90 Å². The molecule has 0 saturated carbocycles. The molecule has 0 saturated heterocycles. The van der Waals surface area contributed by atoms with Crippen molar-refractivity contribution in [3.05, 3.63) is 63.9 Å². The van der Waals surface area contributed by atoms with Gasteiger partial charge in [-0.3, -0.25) is 4.79 Å². The molecule has 0 aliphatic heterocycles. The molecule has 1 aliphatic rings. The van der Waals surface area contributed by atoms with E-state index in [0.29, 0.717) is 12.8 Å². The van der Waals surface area contributed by atoms with E-state index in [1.165, 1.54) is 17.2 Å². The molecule has 1 aliphatic carbocycles. The molecule has 1 atom stereocenters. The van der Waals surface area contributed by atoms with Gasteiger partial charge in [-0.1, -0.05) is 30.3 Å². The predicted octanol–water partition coefficient (Wildman–Crippen LogP) is 2.80. The fourth-order valence-corrected chi connectivity index (χ4v) is 3.41. The molecule has 0 bridgehead atoms. The minimum Gasteiger partial charge on any atom is -0.388 e. The largest absolute Gasteiger partial charge is 0.388 e. The van der Waals surface area contributed by atoms with Gasteiger partial charge in [0.1, 0.15) is 0 Å². The summed E-state index contributed by atoms with van der Waals surface area (Å²) in [5, 5.41) is 15.5. The van der Waals surface area contributed by atoms with Crippen molar-refractivity contribution < 1.29 is 9.90 Å². The van der Waals surface area contributed by atoms with Crippen molar-refractivity contribution in [3.63, 3.8) is 0 Å². The standard InChI is InChI=1S/C18H19NO2S/c20-17(8-7-16-6-3-11-22-16)19-13-18(21)10-9-14-4-1-2-5-15(14)12-18/h1-8,11,21H,9-10,12-13H2,(H,19,20)/b8-7+. The Morgan fingerprint density at radius 2 is 2.09 bits per heavy atom. The van der Waals surface area contributed by atoms with Gasteiger partial charge in [-0.25, -0.2) is 0 Å². The van der Waals surface area contributed by atoms with Crippen LogP contribution in [0.4, 0.5) is 0 Å². The number of aryl methyl sites for hydroxylation is 1. The van der Waals surface area contributed by atoms with Crippen molar-refractivity contribution in [1.82, 2.24) is 5.32 Å². The molecule has 1 amide bonds. The monoisotopic (exact) mass is 313 g/mol. The Kier molecular flexibility index (Phi) is 4.41. The van der Waals surface area contributed by atoms with E-state index < -0.39 is 5.60 Å². The number of aliphatic hydroxyl groups is 1. The zero-order valence-electron chi connectivity index (χ0n) is 12.3. The van der Waals surface area contributed by atoms with Crippen LogP contribution in [-0.2, 0) is 17.6 Å². The highest BCUT2D eigenvalue weighted by Gasteiger charge is 2.31. The summed E-state index contributed by atoms with van der Waals surface area (Å²) >= 11 is 1.59. The highest BCUT2D eigenvalue weighted by molar-refractivity contribution is 7.10. The minimum atomic E-state index is -0.846. The smallest absolute Gasteiger partial charge is 0.244 e. The quantitative estimate of drug-likeness (QED) is 0.853. The Hall–Kier alpha value is -1.91. The number of carbonyl (C=O) groups is 1. The van der Waals surface area contributed by atoms with E-state index in [4.69, 9.17) is 0 Å². The Morgan fingerprint density at radius 3 is 2.86 bits per heavy atom. The van der Waals surface area contributed by atoms with Crippen LogP contribution in [0.25, 0.3) is 6.08 Å². The highest BCUT2D eigenvalue weighted by Crippen LogP contribution is 2.28. The normalized spacial score (nSPS) is 20.8. The summed E-state index contributed by atoms with van der Waals surface area (Å²) in [7, 11) is 0. The average molecular weight is 313 g/mol. The molecule has 4 heteroatoms. The highest BCUT2D eigenvalue weighted by atomic mass is 32.1. The first kappa shape index (κ1) is 15.0. The van der Waals surface area contributed by atoms with E-state index in [-0.39, 0.29) is 12.5 Å². The molecule has 1 aromatic carbocycles. The lowest BCUT2D eigenvalue weighted by Gasteiger charge is -2.33. The van der Waals surface area contributed by atoms with Crippen LogP contribution in [0.3, 0.4) is 0 Å². The molecule has 114 valence electrons. The van der Waals surface area contributed by atoms with E-state index in [2.05, 4.69) is 17.4 Å². The summed E-state index contributed by atoms with van der Waals surface area (Å²) in [5.74, 6) is -0.166. The van der Waals surface area contributed by atoms with Crippen molar-refractivity contribution in [2.75, 3.05) is 6.54 Å². The maximum absolute atomic E-state index is 11.9. The molecule has 3 nitrogen and oxygen atoms in total. The fourth-order valence-electron chi connectivity index (χ4n) is 2.79. The maximum atomic E-state index is 11.9. The number of hydrogen-bond donors (Lipinski definition) is 2. The molecule has 2 N–H and O–H groups in total. The summed E-state index contributed by atoms with van der Waals surface area (Å²) < 4.78 is 0. The van der Waals surface area contributed by atoms with Crippen LogP contribution in [0.2, 0.25) is 0 Å². The molecule has 3 rings (SSSR count). The van der Waals surface area contributed by atoms with Crippen LogP contribution in [0.5, 0.6) is 0 Å². The number of benzene rings is 1. The number of amides is 1. The van der Waals surface area contributed by atoms with Gasteiger partial charge in [-0.15, -0.1) is 11.3 Å². The summed E-state index contributed by atoms with van der Waals surface area (Å²) in [5.41, 5.74) is 1.64. The minimum absolute atomic E-state index is 0.166. The topological polar surface area (TPSA) is 49.3 Å². The molecule has 0 spiro atoms. The Labute approximate surface area is 134 Å². The SMILES string of the molecule is O=C(/C=C/c1cccs1)NCC1(O)CCc2ccccc2C1. The van der Waals surface area contributed by atoms with Crippen LogP contribution in [-0.4, -0.2) is 23.2 Å². The summed E-state index contributed by atoms with van der Waals surface area (Å²) in [6, 6.07) is 12.1. The first-order valence-corrected chi connectivity index (χ1v) is 8.31. The Balaban J connectivity index is 1.56. The number of fused-ring (bicyclic) bond motifs is 1. The van der Waals surface area contributed by atoms with Crippen LogP contribution in [0, 0.1) is 0 Å². The van der Waals surface area contributed by atoms with Crippen LogP contribution in [0.1, 0.15) is 22.4 Å². The number of rotatable bonds is 4. The van der Waals surface area contributed by atoms with Gasteiger partial charge in [-0.2, -0.15) is 0 Å².